The summed E-state index contributed by atoms with van der Waals surface area (Å²) in [6.45, 7) is 4.83. The number of nitrogens with zero attached hydrogens (tertiary/aromatic N) is 2. The van der Waals surface area contributed by atoms with E-state index in [9.17, 15) is 4.79 Å². The van der Waals surface area contributed by atoms with Gasteiger partial charge in [-0.15, -0.1) is 0 Å². The van der Waals surface area contributed by atoms with E-state index in [0.717, 1.165) is 29.9 Å². The maximum Gasteiger partial charge on any atom is 0.271 e. The lowest BCUT2D eigenvalue weighted by Crippen LogP contribution is -2.19. The van der Waals surface area contributed by atoms with Crippen LogP contribution >= 0.6 is 23.2 Å². The maximum absolute atomic E-state index is 12.5. The van der Waals surface area contributed by atoms with E-state index in [1.807, 2.05) is 55.5 Å². The molecule has 4 rings (SSSR count). The highest BCUT2D eigenvalue weighted by Gasteiger charge is 2.13. The summed E-state index contributed by atoms with van der Waals surface area (Å²) < 4.78 is 11.7. The van der Waals surface area contributed by atoms with E-state index in [0.29, 0.717) is 40.3 Å². The molecule has 0 aromatic heterocycles. The van der Waals surface area contributed by atoms with Crippen molar-refractivity contribution in [3.63, 3.8) is 0 Å². The Morgan fingerprint density at radius 1 is 0.971 bits per heavy atom. The SMILES string of the molecule is CCOc1cc(/C=N\NC(=O)c2ccc(N3CCCC3)cc2)ccc1OCc1ccc(Cl)c(Cl)c1. The number of benzene rings is 3. The molecule has 0 saturated carbocycles. The molecule has 182 valence electrons. The molecule has 0 atom stereocenters. The van der Waals surface area contributed by atoms with Crippen molar-refractivity contribution in [2.75, 3.05) is 24.6 Å². The third kappa shape index (κ3) is 6.68. The normalized spacial score (nSPS) is 13.3. The lowest BCUT2D eigenvalue weighted by molar-refractivity contribution is 0.0955. The fraction of sp³-hybridized carbons (Fsp3) is 0.259. The van der Waals surface area contributed by atoms with E-state index < -0.39 is 0 Å². The summed E-state index contributed by atoms with van der Waals surface area (Å²) in [4.78, 5) is 14.8. The first kappa shape index (κ1) is 24.9. The molecule has 1 fully saturated rings. The van der Waals surface area contributed by atoms with Crippen LogP contribution in [0.3, 0.4) is 0 Å². The van der Waals surface area contributed by atoms with Crippen LogP contribution in [0.1, 0.15) is 41.3 Å². The number of carbonyl (C=O) groups is 1. The Bertz CT molecular complexity index is 1190. The second-order valence-electron chi connectivity index (χ2n) is 8.12. The molecule has 35 heavy (non-hydrogen) atoms. The Morgan fingerprint density at radius 3 is 2.46 bits per heavy atom. The fourth-order valence-corrected chi connectivity index (χ4v) is 4.13. The molecule has 0 unspecified atom stereocenters. The molecule has 0 aliphatic carbocycles. The van der Waals surface area contributed by atoms with Crippen LogP contribution in [0.15, 0.2) is 65.8 Å². The third-order valence-corrected chi connectivity index (χ3v) is 6.37. The second-order valence-corrected chi connectivity index (χ2v) is 8.93. The van der Waals surface area contributed by atoms with Crippen LogP contribution < -0.4 is 19.8 Å². The molecule has 0 spiro atoms. The molecular formula is C27H27Cl2N3O3. The summed E-state index contributed by atoms with van der Waals surface area (Å²) in [5.74, 6) is 0.915. The number of carbonyl (C=O) groups excluding carboxylic acids is 1. The summed E-state index contributed by atoms with van der Waals surface area (Å²) in [6, 6.07) is 18.4. The van der Waals surface area contributed by atoms with E-state index in [4.69, 9.17) is 32.7 Å². The quantitative estimate of drug-likeness (QED) is 0.269. The van der Waals surface area contributed by atoms with Crippen LogP contribution in [0.2, 0.25) is 10.0 Å². The summed E-state index contributed by atoms with van der Waals surface area (Å²) in [6.07, 6.45) is 4.00. The van der Waals surface area contributed by atoms with E-state index >= 15 is 0 Å². The zero-order valence-electron chi connectivity index (χ0n) is 19.5. The third-order valence-electron chi connectivity index (χ3n) is 5.63. The lowest BCUT2D eigenvalue weighted by atomic mass is 10.2. The minimum absolute atomic E-state index is 0.263. The molecule has 1 N–H and O–H groups in total. The molecule has 1 saturated heterocycles. The lowest BCUT2D eigenvalue weighted by Gasteiger charge is -2.17. The molecule has 0 radical (unpaired) electrons. The van der Waals surface area contributed by atoms with E-state index in [-0.39, 0.29) is 5.91 Å². The average molecular weight is 512 g/mol. The highest BCUT2D eigenvalue weighted by atomic mass is 35.5. The van der Waals surface area contributed by atoms with E-state index in [2.05, 4.69) is 15.4 Å². The van der Waals surface area contributed by atoms with Crippen molar-refractivity contribution >= 4 is 41.0 Å². The van der Waals surface area contributed by atoms with Crippen LogP contribution in [0, 0.1) is 0 Å². The number of amides is 1. The predicted molar refractivity (Wildman–Crippen MR) is 141 cm³/mol. The summed E-state index contributed by atoms with van der Waals surface area (Å²) in [5.41, 5.74) is 5.94. The van der Waals surface area contributed by atoms with Crippen molar-refractivity contribution in [3.05, 3.63) is 87.4 Å². The highest BCUT2D eigenvalue weighted by Crippen LogP contribution is 2.30. The summed E-state index contributed by atoms with van der Waals surface area (Å²) in [7, 11) is 0. The predicted octanol–water partition coefficient (Wildman–Crippen LogP) is 6.34. The van der Waals surface area contributed by atoms with Gasteiger partial charge >= 0.3 is 0 Å². The van der Waals surface area contributed by atoms with Gasteiger partial charge < -0.3 is 14.4 Å². The monoisotopic (exact) mass is 511 g/mol. The topological polar surface area (TPSA) is 63.2 Å². The largest absolute Gasteiger partial charge is 0.490 e. The van der Waals surface area contributed by atoms with Crippen LogP contribution in [0.5, 0.6) is 11.5 Å². The second kappa shape index (κ2) is 12.0. The number of halogens is 2. The minimum atomic E-state index is -0.263. The standard InChI is InChI=1S/C27H27Cl2N3O3/c1-2-34-26-16-19(6-12-25(26)35-18-20-5-11-23(28)24(29)15-20)17-30-31-27(33)21-7-9-22(10-8-21)32-13-3-4-14-32/h5-12,15-17H,2-4,13-14,18H2,1H3,(H,31,33)/b30-17-. The zero-order valence-corrected chi connectivity index (χ0v) is 21.0. The first-order valence-corrected chi connectivity index (χ1v) is 12.3. The van der Waals surface area contributed by atoms with Crippen LogP contribution in [0.25, 0.3) is 0 Å². The number of ether oxygens (including phenoxy) is 2. The van der Waals surface area contributed by atoms with Crippen molar-refractivity contribution in [1.82, 2.24) is 5.43 Å². The molecule has 1 aliphatic rings. The number of nitrogens with one attached hydrogen (secondary N) is 1. The van der Waals surface area contributed by atoms with Gasteiger partial charge in [-0.05, 0) is 85.5 Å². The van der Waals surface area contributed by atoms with Gasteiger partial charge in [0, 0.05) is 24.3 Å². The number of anilines is 1. The number of hydrogen-bond donors (Lipinski definition) is 1. The van der Waals surface area contributed by atoms with E-state index in [1.165, 1.54) is 12.8 Å². The molecular weight excluding hydrogens is 485 g/mol. The van der Waals surface area contributed by atoms with Gasteiger partial charge in [0.25, 0.3) is 5.91 Å². The van der Waals surface area contributed by atoms with Crippen LogP contribution in [0.4, 0.5) is 5.69 Å². The molecule has 3 aromatic carbocycles. The van der Waals surface area contributed by atoms with Gasteiger partial charge in [-0.2, -0.15) is 5.10 Å². The maximum atomic E-state index is 12.5. The Kier molecular flexibility index (Phi) is 8.50. The molecule has 8 heteroatoms. The first-order valence-electron chi connectivity index (χ1n) is 11.6. The van der Waals surface area contributed by atoms with Crippen LogP contribution in [-0.2, 0) is 6.61 Å². The fourth-order valence-electron chi connectivity index (χ4n) is 3.81. The van der Waals surface area contributed by atoms with Gasteiger partial charge in [-0.25, -0.2) is 5.43 Å². The van der Waals surface area contributed by atoms with Crippen molar-refractivity contribution in [2.24, 2.45) is 5.10 Å². The molecule has 1 heterocycles. The van der Waals surface area contributed by atoms with Gasteiger partial charge in [-0.3, -0.25) is 4.79 Å². The molecule has 6 nitrogen and oxygen atoms in total. The molecule has 1 amide bonds. The number of hydrogen-bond acceptors (Lipinski definition) is 5. The van der Waals surface area contributed by atoms with Crippen molar-refractivity contribution in [2.45, 2.75) is 26.4 Å². The van der Waals surface area contributed by atoms with Gasteiger partial charge in [0.1, 0.15) is 6.61 Å². The summed E-state index contributed by atoms with van der Waals surface area (Å²) >= 11 is 12.1. The van der Waals surface area contributed by atoms with Crippen LogP contribution in [-0.4, -0.2) is 31.8 Å². The average Bonchev–Trinajstić information content (AvgIpc) is 3.41. The van der Waals surface area contributed by atoms with Gasteiger partial charge in [0.2, 0.25) is 0 Å². The molecule has 3 aromatic rings. The van der Waals surface area contributed by atoms with Crippen molar-refractivity contribution < 1.29 is 14.3 Å². The minimum Gasteiger partial charge on any atom is -0.490 e. The molecule has 0 bridgehead atoms. The smallest absolute Gasteiger partial charge is 0.271 e. The van der Waals surface area contributed by atoms with Gasteiger partial charge in [0.05, 0.1) is 22.9 Å². The molecule has 1 aliphatic heterocycles. The van der Waals surface area contributed by atoms with Crippen molar-refractivity contribution in [1.29, 1.82) is 0 Å². The van der Waals surface area contributed by atoms with Gasteiger partial charge in [0.15, 0.2) is 11.5 Å². The zero-order chi connectivity index (χ0) is 24.6. The number of rotatable bonds is 9. The first-order chi connectivity index (χ1) is 17.0. The number of hydrazone groups is 1. The van der Waals surface area contributed by atoms with Gasteiger partial charge in [-0.1, -0.05) is 29.3 Å². The Balaban J connectivity index is 1.36. The van der Waals surface area contributed by atoms with Crippen molar-refractivity contribution in [3.8, 4) is 11.5 Å². The highest BCUT2D eigenvalue weighted by molar-refractivity contribution is 6.42. The Labute approximate surface area is 215 Å². The Hall–Kier alpha value is -3.22. The summed E-state index contributed by atoms with van der Waals surface area (Å²) in [5, 5.41) is 5.08. The van der Waals surface area contributed by atoms with E-state index in [1.54, 1.807) is 18.3 Å². The Morgan fingerprint density at radius 2 is 1.74 bits per heavy atom.